The Kier molecular flexibility index (Phi) is 27.2. The Labute approximate surface area is 420 Å². The van der Waals surface area contributed by atoms with Crippen molar-refractivity contribution in [1.82, 2.24) is 10.2 Å². The lowest BCUT2D eigenvalue weighted by molar-refractivity contribution is -0.152. The van der Waals surface area contributed by atoms with E-state index in [4.69, 9.17) is 9.47 Å². The van der Waals surface area contributed by atoms with Crippen LogP contribution in [-0.4, -0.2) is 62.1 Å². The Bertz CT molecular complexity index is 1440. The van der Waals surface area contributed by atoms with Gasteiger partial charge < -0.3 is 19.7 Å². The zero-order valence-electron chi connectivity index (χ0n) is 46.2. The quantitative estimate of drug-likeness (QED) is 0.0383. The second kappa shape index (κ2) is 31.5. The molecule has 7 nitrogen and oxygen atoms in total. The Morgan fingerprint density at radius 2 is 1.31 bits per heavy atom. The van der Waals surface area contributed by atoms with Gasteiger partial charge in [0, 0.05) is 31.7 Å². The molecule has 0 aromatic carbocycles. The third kappa shape index (κ3) is 19.3. The van der Waals surface area contributed by atoms with Crippen LogP contribution in [0.4, 0.5) is 0 Å². The average molecular weight is 952 g/mol. The van der Waals surface area contributed by atoms with Gasteiger partial charge in [-0.1, -0.05) is 156 Å². The van der Waals surface area contributed by atoms with Crippen LogP contribution < -0.4 is 5.32 Å². The van der Waals surface area contributed by atoms with E-state index in [1.54, 1.807) is 5.57 Å². The van der Waals surface area contributed by atoms with Gasteiger partial charge in [-0.25, -0.2) is 0 Å². The summed E-state index contributed by atoms with van der Waals surface area (Å²) in [6.45, 7) is 18.5. The van der Waals surface area contributed by atoms with Gasteiger partial charge >= 0.3 is 11.9 Å². The Morgan fingerprint density at radius 3 is 1.99 bits per heavy atom. The SMILES string of the molecule is CCCCCCCCC(CCCCCCCC)OC(=O)CCCCNC(=O)C(CCCCCC(=O)OC1CCC2(C)C(=CCC3C2CCC2(C)C(C(C)CCCC(C)C)CCC32)C1)CCN(C)C. The summed E-state index contributed by atoms with van der Waals surface area (Å²) >= 11 is 0. The normalized spacial score (nSPS) is 26.5. The smallest absolute Gasteiger partial charge is 0.306 e. The van der Waals surface area contributed by atoms with Crippen molar-refractivity contribution in [3.05, 3.63) is 11.6 Å². The van der Waals surface area contributed by atoms with Crippen molar-refractivity contribution < 1.29 is 23.9 Å². The predicted octanol–water partition coefficient (Wildman–Crippen LogP) is 16.2. The highest BCUT2D eigenvalue weighted by Gasteiger charge is 2.59. The lowest BCUT2D eigenvalue weighted by atomic mass is 9.47. The molecule has 7 heteroatoms. The van der Waals surface area contributed by atoms with Crippen molar-refractivity contribution in [3.8, 4) is 0 Å². The first kappa shape index (κ1) is 58.7. The van der Waals surface area contributed by atoms with Gasteiger partial charge in [0.2, 0.25) is 5.91 Å². The molecule has 0 saturated heterocycles. The summed E-state index contributed by atoms with van der Waals surface area (Å²) in [6, 6.07) is 0. The fraction of sp³-hybridized carbons (Fsp3) is 0.918. The topological polar surface area (TPSA) is 84.9 Å². The number of hydrogen-bond acceptors (Lipinski definition) is 6. The van der Waals surface area contributed by atoms with Crippen molar-refractivity contribution in [3.63, 3.8) is 0 Å². The molecule has 0 heterocycles. The summed E-state index contributed by atoms with van der Waals surface area (Å²) < 4.78 is 12.3. The number of nitrogens with one attached hydrogen (secondary N) is 1. The fourth-order valence-corrected chi connectivity index (χ4v) is 14.2. The van der Waals surface area contributed by atoms with E-state index in [0.29, 0.717) is 24.8 Å². The minimum Gasteiger partial charge on any atom is -0.462 e. The second-order valence-electron chi connectivity index (χ2n) is 24.5. The summed E-state index contributed by atoms with van der Waals surface area (Å²) in [6.07, 6.45) is 40.5. The van der Waals surface area contributed by atoms with Gasteiger partial charge in [0.25, 0.3) is 0 Å². The van der Waals surface area contributed by atoms with E-state index < -0.39 is 0 Å². The van der Waals surface area contributed by atoms with Crippen LogP contribution >= 0.6 is 0 Å². The molecule has 394 valence electrons. The number of rotatable bonds is 36. The first-order valence-electron chi connectivity index (χ1n) is 29.7. The highest BCUT2D eigenvalue weighted by Crippen LogP contribution is 2.67. The molecule has 4 rings (SSSR count). The maximum Gasteiger partial charge on any atom is 0.306 e. The van der Waals surface area contributed by atoms with Crippen LogP contribution in [0.3, 0.4) is 0 Å². The fourth-order valence-electron chi connectivity index (χ4n) is 14.2. The molecular weight excluding hydrogens is 841 g/mol. The zero-order valence-corrected chi connectivity index (χ0v) is 46.2. The number of ether oxygens (including phenoxy) is 2. The molecule has 0 aliphatic heterocycles. The van der Waals surface area contributed by atoms with E-state index in [9.17, 15) is 14.4 Å². The predicted molar refractivity (Wildman–Crippen MR) is 285 cm³/mol. The molecule has 3 fully saturated rings. The van der Waals surface area contributed by atoms with Crippen molar-refractivity contribution >= 4 is 17.8 Å². The van der Waals surface area contributed by atoms with Crippen LogP contribution in [0.25, 0.3) is 0 Å². The number of carbonyl (C=O) groups is 3. The molecule has 4 aliphatic carbocycles. The standard InChI is InChI=1S/C61H110N2O5/c1-10-12-14-16-18-22-31-51(32-23-19-17-15-13-11-2)67-57(64)34-25-26-44-62-59(66)49(41-45-63(8)9)30-21-20-24-33-58(65)68-52-39-42-60(6)50(46-52)35-36-53-55-38-37-54(48(5)29-27-28-47(3)4)61(55,7)43-40-56(53)60/h35,47-49,51-56H,10-34,36-46H2,1-9H3,(H,62,66). The number of carbonyl (C=O) groups excluding carboxylic acids is 3. The van der Waals surface area contributed by atoms with Gasteiger partial charge in [-0.05, 0) is 170 Å². The number of unbranched alkanes of at least 4 members (excludes halogenated alkanes) is 13. The maximum absolute atomic E-state index is 13.4. The van der Waals surface area contributed by atoms with E-state index in [1.807, 2.05) is 0 Å². The number of nitrogens with zero attached hydrogens (tertiary/aromatic N) is 1. The summed E-state index contributed by atoms with van der Waals surface area (Å²) in [5.74, 6) is 4.97. The van der Waals surface area contributed by atoms with Crippen LogP contribution in [0.5, 0.6) is 0 Å². The van der Waals surface area contributed by atoms with Gasteiger partial charge in [-0.15, -0.1) is 0 Å². The molecule has 1 N–H and O–H groups in total. The summed E-state index contributed by atoms with van der Waals surface area (Å²) in [7, 11) is 4.12. The lowest BCUT2D eigenvalue weighted by Gasteiger charge is -2.58. The van der Waals surface area contributed by atoms with Crippen molar-refractivity contribution in [2.24, 2.45) is 52.3 Å². The van der Waals surface area contributed by atoms with Gasteiger partial charge in [-0.3, -0.25) is 14.4 Å². The molecule has 4 aliphatic rings. The third-order valence-corrected chi connectivity index (χ3v) is 18.5. The highest BCUT2D eigenvalue weighted by atomic mass is 16.5. The molecule has 68 heavy (non-hydrogen) atoms. The number of allylic oxidation sites excluding steroid dienone is 1. The van der Waals surface area contributed by atoms with E-state index in [1.165, 1.54) is 116 Å². The molecule has 0 bridgehead atoms. The van der Waals surface area contributed by atoms with E-state index in [2.05, 4.69) is 78.9 Å². The molecule has 9 unspecified atom stereocenters. The molecular formula is C61H110N2O5. The Balaban J connectivity index is 1.12. The molecule has 0 aromatic rings. The minimum absolute atomic E-state index is 0.0151. The highest BCUT2D eigenvalue weighted by molar-refractivity contribution is 5.78. The van der Waals surface area contributed by atoms with Crippen LogP contribution in [0.15, 0.2) is 11.6 Å². The lowest BCUT2D eigenvalue weighted by Crippen LogP contribution is -2.51. The second-order valence-corrected chi connectivity index (χ2v) is 24.5. The average Bonchev–Trinajstić information content (AvgIpc) is 3.66. The van der Waals surface area contributed by atoms with E-state index >= 15 is 0 Å². The number of amides is 1. The Morgan fingerprint density at radius 1 is 0.676 bits per heavy atom. The van der Waals surface area contributed by atoms with Crippen LogP contribution in [0, 0.1) is 52.3 Å². The molecule has 0 aromatic heterocycles. The first-order chi connectivity index (χ1) is 32.7. The monoisotopic (exact) mass is 951 g/mol. The molecule has 0 spiro atoms. The number of esters is 2. The maximum atomic E-state index is 13.4. The minimum atomic E-state index is -0.0753. The van der Waals surface area contributed by atoms with Crippen molar-refractivity contribution in [2.75, 3.05) is 27.2 Å². The van der Waals surface area contributed by atoms with Gasteiger partial charge in [0.15, 0.2) is 0 Å². The van der Waals surface area contributed by atoms with Gasteiger partial charge in [0.1, 0.15) is 12.2 Å². The first-order valence-corrected chi connectivity index (χ1v) is 29.7. The van der Waals surface area contributed by atoms with Crippen LogP contribution in [0.1, 0.15) is 267 Å². The number of hydrogen-bond donors (Lipinski definition) is 1. The van der Waals surface area contributed by atoms with Crippen LogP contribution in [-0.2, 0) is 23.9 Å². The zero-order chi connectivity index (χ0) is 49.4. The summed E-state index contributed by atoms with van der Waals surface area (Å²) in [5.41, 5.74) is 2.37. The molecule has 3 saturated carbocycles. The van der Waals surface area contributed by atoms with E-state index in [0.717, 1.165) is 132 Å². The molecule has 9 atom stereocenters. The summed E-state index contributed by atoms with van der Waals surface area (Å²) in [4.78, 5) is 41.7. The number of fused-ring (bicyclic) bond motifs is 5. The molecule has 1 amide bonds. The summed E-state index contributed by atoms with van der Waals surface area (Å²) in [5, 5.41) is 3.20. The van der Waals surface area contributed by atoms with Crippen molar-refractivity contribution in [2.45, 2.75) is 279 Å². The van der Waals surface area contributed by atoms with Crippen molar-refractivity contribution in [1.29, 1.82) is 0 Å². The third-order valence-electron chi connectivity index (χ3n) is 18.5. The van der Waals surface area contributed by atoms with Gasteiger partial charge in [0.05, 0.1) is 0 Å². The Hall–Kier alpha value is -1.89. The largest absolute Gasteiger partial charge is 0.462 e. The van der Waals surface area contributed by atoms with Gasteiger partial charge in [-0.2, -0.15) is 0 Å². The van der Waals surface area contributed by atoms with Crippen LogP contribution in [0.2, 0.25) is 0 Å². The van der Waals surface area contributed by atoms with E-state index in [-0.39, 0.29) is 41.4 Å². The molecule has 0 radical (unpaired) electrons.